The first-order valence-corrected chi connectivity index (χ1v) is 5.96. The smallest absolute Gasteiger partial charge is 0.340 e. The van der Waals surface area contributed by atoms with Crippen LogP contribution in [0.2, 0.25) is 0 Å². The monoisotopic (exact) mass is 293 g/mol. The number of carboxylic acid groups (broad SMARTS) is 1. The Balaban J connectivity index is 2.03. The number of nitrogens with one attached hydrogen (secondary N) is 2. The van der Waals surface area contributed by atoms with Crippen LogP contribution in [0.1, 0.15) is 21.8 Å². The minimum absolute atomic E-state index is 0.0981. The molecule has 0 bridgehead atoms. The summed E-state index contributed by atoms with van der Waals surface area (Å²) in [6.07, 6.45) is 0. The molecule has 0 fully saturated rings. The zero-order valence-electron chi connectivity index (χ0n) is 11.0. The van der Waals surface area contributed by atoms with Gasteiger partial charge in [-0.1, -0.05) is 11.2 Å². The number of aromatic carboxylic acids is 1. The van der Waals surface area contributed by atoms with Crippen molar-refractivity contribution in [1.82, 2.24) is 10.5 Å². The fourth-order valence-electron chi connectivity index (χ4n) is 1.68. The number of aryl methyl sites for hydroxylation is 1. The van der Waals surface area contributed by atoms with Crippen LogP contribution in [0.5, 0.6) is 0 Å². The summed E-state index contributed by atoms with van der Waals surface area (Å²) >= 11 is 0. The molecule has 0 radical (unpaired) electrons. The van der Waals surface area contributed by atoms with Crippen molar-refractivity contribution >= 4 is 17.7 Å². The summed E-state index contributed by atoms with van der Waals surface area (Å²) in [6, 6.07) is 4.57. The molecule has 0 saturated heterocycles. The highest BCUT2D eigenvalue weighted by Gasteiger charge is 2.17. The van der Waals surface area contributed by atoms with E-state index in [2.05, 4.69) is 15.8 Å². The van der Waals surface area contributed by atoms with Crippen molar-refractivity contribution in [2.75, 3.05) is 5.32 Å². The van der Waals surface area contributed by atoms with Gasteiger partial charge in [0.2, 0.25) is 0 Å². The molecule has 0 atom stereocenters. The Morgan fingerprint density at radius 2 is 2.19 bits per heavy atom. The molecule has 110 valence electrons. The molecule has 0 aliphatic rings. The van der Waals surface area contributed by atoms with Gasteiger partial charge in [-0.25, -0.2) is 14.0 Å². The van der Waals surface area contributed by atoms with Crippen molar-refractivity contribution in [3.05, 3.63) is 47.1 Å². The van der Waals surface area contributed by atoms with E-state index in [0.29, 0.717) is 11.5 Å². The van der Waals surface area contributed by atoms with E-state index in [1.54, 1.807) is 13.0 Å². The van der Waals surface area contributed by atoms with Gasteiger partial charge in [0.05, 0.1) is 12.2 Å². The predicted octanol–water partition coefficient (Wildman–Crippen LogP) is 2.14. The summed E-state index contributed by atoms with van der Waals surface area (Å²) in [4.78, 5) is 22.7. The van der Waals surface area contributed by atoms with Gasteiger partial charge in [-0.2, -0.15) is 0 Å². The lowest BCUT2D eigenvalue weighted by molar-refractivity contribution is 0.0693. The first-order chi connectivity index (χ1) is 9.97. The number of hydrogen-bond acceptors (Lipinski definition) is 4. The third-order valence-electron chi connectivity index (χ3n) is 2.58. The average Bonchev–Trinajstić information content (AvgIpc) is 2.82. The maximum Gasteiger partial charge on any atom is 0.340 e. The van der Waals surface area contributed by atoms with Crippen molar-refractivity contribution in [2.45, 2.75) is 13.5 Å². The Bertz CT molecular complexity index is 684. The van der Waals surface area contributed by atoms with Crippen LogP contribution < -0.4 is 10.6 Å². The van der Waals surface area contributed by atoms with E-state index in [4.69, 9.17) is 9.63 Å². The topological polar surface area (TPSA) is 104 Å². The van der Waals surface area contributed by atoms with E-state index in [1.165, 1.54) is 12.1 Å². The van der Waals surface area contributed by atoms with Crippen LogP contribution in [0.15, 0.2) is 28.8 Å². The number of anilines is 1. The third kappa shape index (κ3) is 3.56. The summed E-state index contributed by atoms with van der Waals surface area (Å²) in [6.45, 7) is 1.81. The summed E-state index contributed by atoms with van der Waals surface area (Å²) in [5, 5.41) is 17.4. The molecule has 1 heterocycles. The number of carboxylic acids is 1. The molecule has 0 aliphatic heterocycles. The number of carbonyl (C=O) groups excluding carboxylic acids is 1. The van der Waals surface area contributed by atoms with Crippen LogP contribution >= 0.6 is 0 Å². The van der Waals surface area contributed by atoms with Gasteiger partial charge in [0.15, 0.2) is 0 Å². The number of rotatable bonds is 4. The highest BCUT2D eigenvalue weighted by atomic mass is 19.1. The molecular weight excluding hydrogens is 281 g/mol. The molecule has 21 heavy (non-hydrogen) atoms. The molecule has 7 nitrogen and oxygen atoms in total. The lowest BCUT2D eigenvalue weighted by atomic mass is 10.1. The summed E-state index contributed by atoms with van der Waals surface area (Å²) < 4.78 is 18.3. The standard InChI is InChI=1S/C13H12FN3O4/c1-7-5-8(17-21-7)6-15-13(20)16-10-4-2-3-9(14)11(10)12(18)19/h2-5H,6H2,1H3,(H,18,19)(H2,15,16,20). The van der Waals surface area contributed by atoms with E-state index >= 15 is 0 Å². The first kappa shape index (κ1) is 14.5. The molecule has 2 aromatic rings. The number of benzene rings is 1. The van der Waals surface area contributed by atoms with E-state index in [9.17, 15) is 14.0 Å². The van der Waals surface area contributed by atoms with Crippen molar-refractivity contribution in [3.8, 4) is 0 Å². The van der Waals surface area contributed by atoms with Gasteiger partial charge in [0.1, 0.15) is 22.8 Å². The Hall–Kier alpha value is -2.90. The lowest BCUT2D eigenvalue weighted by Crippen LogP contribution is -2.29. The number of urea groups is 1. The van der Waals surface area contributed by atoms with Crippen molar-refractivity contribution in [3.63, 3.8) is 0 Å². The highest BCUT2D eigenvalue weighted by molar-refractivity contribution is 6.00. The fourth-order valence-corrected chi connectivity index (χ4v) is 1.68. The Morgan fingerprint density at radius 3 is 2.81 bits per heavy atom. The Kier molecular flexibility index (Phi) is 4.17. The maximum atomic E-state index is 13.4. The molecule has 0 unspecified atom stereocenters. The van der Waals surface area contributed by atoms with Gasteiger partial charge < -0.3 is 20.3 Å². The maximum absolute atomic E-state index is 13.4. The summed E-state index contributed by atoms with van der Waals surface area (Å²) in [5.74, 6) is -1.78. The molecule has 0 aliphatic carbocycles. The van der Waals surface area contributed by atoms with E-state index in [-0.39, 0.29) is 12.2 Å². The van der Waals surface area contributed by atoms with Gasteiger partial charge in [-0.15, -0.1) is 0 Å². The van der Waals surface area contributed by atoms with Crippen molar-refractivity contribution < 1.29 is 23.6 Å². The molecule has 8 heteroatoms. The van der Waals surface area contributed by atoms with Crippen LogP contribution in [0.3, 0.4) is 0 Å². The van der Waals surface area contributed by atoms with Gasteiger partial charge in [-0.3, -0.25) is 0 Å². The minimum atomic E-state index is -1.46. The number of aromatic nitrogens is 1. The normalized spacial score (nSPS) is 10.2. The summed E-state index contributed by atoms with van der Waals surface area (Å²) in [5.41, 5.74) is -0.207. The zero-order chi connectivity index (χ0) is 15.4. The summed E-state index contributed by atoms with van der Waals surface area (Å²) in [7, 11) is 0. The van der Waals surface area contributed by atoms with E-state index in [0.717, 1.165) is 6.07 Å². The molecule has 1 aromatic heterocycles. The number of carbonyl (C=O) groups is 2. The molecule has 2 rings (SSSR count). The second-order valence-corrected chi connectivity index (χ2v) is 4.20. The molecule has 2 amide bonds. The Labute approximate surface area is 118 Å². The predicted molar refractivity (Wildman–Crippen MR) is 70.5 cm³/mol. The SMILES string of the molecule is Cc1cc(CNC(=O)Nc2cccc(F)c2C(=O)O)no1. The Morgan fingerprint density at radius 1 is 1.43 bits per heavy atom. The first-order valence-electron chi connectivity index (χ1n) is 5.96. The quantitative estimate of drug-likeness (QED) is 0.801. The van der Waals surface area contributed by atoms with Crippen LogP contribution in [-0.4, -0.2) is 22.3 Å². The zero-order valence-corrected chi connectivity index (χ0v) is 11.0. The second-order valence-electron chi connectivity index (χ2n) is 4.20. The fraction of sp³-hybridized carbons (Fsp3) is 0.154. The van der Waals surface area contributed by atoms with Gasteiger partial charge in [-0.05, 0) is 19.1 Å². The van der Waals surface area contributed by atoms with E-state index in [1.807, 2.05) is 0 Å². The lowest BCUT2D eigenvalue weighted by Gasteiger charge is -2.09. The number of nitrogens with zero attached hydrogens (tertiary/aromatic N) is 1. The molecule has 0 spiro atoms. The third-order valence-corrected chi connectivity index (χ3v) is 2.58. The van der Waals surface area contributed by atoms with Crippen LogP contribution in [0.25, 0.3) is 0 Å². The second kappa shape index (κ2) is 6.04. The molecule has 3 N–H and O–H groups in total. The van der Waals surface area contributed by atoms with Gasteiger partial charge in [0, 0.05) is 6.07 Å². The minimum Gasteiger partial charge on any atom is -0.478 e. The average molecular weight is 293 g/mol. The van der Waals surface area contributed by atoms with Gasteiger partial charge in [0.25, 0.3) is 0 Å². The highest BCUT2D eigenvalue weighted by Crippen LogP contribution is 2.18. The largest absolute Gasteiger partial charge is 0.478 e. The molecule has 0 saturated carbocycles. The van der Waals surface area contributed by atoms with E-state index < -0.39 is 23.4 Å². The molecular formula is C13H12FN3O4. The van der Waals surface area contributed by atoms with Crippen LogP contribution in [0.4, 0.5) is 14.9 Å². The van der Waals surface area contributed by atoms with Crippen molar-refractivity contribution in [1.29, 1.82) is 0 Å². The number of halogens is 1. The van der Waals surface area contributed by atoms with Crippen LogP contribution in [-0.2, 0) is 6.54 Å². The van der Waals surface area contributed by atoms with Crippen LogP contribution in [0, 0.1) is 12.7 Å². The number of amides is 2. The van der Waals surface area contributed by atoms with Crippen molar-refractivity contribution in [2.24, 2.45) is 0 Å². The molecule has 1 aromatic carbocycles. The number of hydrogen-bond donors (Lipinski definition) is 3. The van der Waals surface area contributed by atoms with Gasteiger partial charge >= 0.3 is 12.0 Å².